The Kier molecular flexibility index (Phi) is 8.53. The Morgan fingerprint density at radius 3 is 1.00 bits per heavy atom. The van der Waals surface area contributed by atoms with E-state index in [1.165, 1.54) is 22.3 Å². The molecule has 5 heteroatoms. The molecule has 1 heterocycles. The van der Waals surface area contributed by atoms with Crippen molar-refractivity contribution < 1.29 is 24.2 Å². The van der Waals surface area contributed by atoms with Crippen molar-refractivity contribution >= 4 is 11.9 Å². The van der Waals surface area contributed by atoms with Crippen LogP contribution < -0.4 is 0 Å². The van der Waals surface area contributed by atoms with Gasteiger partial charge in [-0.3, -0.25) is 0 Å². The fourth-order valence-corrected chi connectivity index (χ4v) is 1.89. The van der Waals surface area contributed by atoms with Gasteiger partial charge in [-0.2, -0.15) is 0 Å². The van der Waals surface area contributed by atoms with Gasteiger partial charge in [0.15, 0.2) is 0 Å². The monoisotopic (exact) mass is 368 g/mol. The molecule has 2 N–H and O–H groups in total. The van der Waals surface area contributed by atoms with Crippen LogP contribution in [0.3, 0.4) is 0 Å². The summed E-state index contributed by atoms with van der Waals surface area (Å²) < 4.78 is 4.41. The molecular weight excluding hydrogens is 344 g/mol. The van der Waals surface area contributed by atoms with Crippen molar-refractivity contribution in [2.24, 2.45) is 0 Å². The van der Waals surface area contributed by atoms with Crippen LogP contribution in [0.1, 0.15) is 43.4 Å². The van der Waals surface area contributed by atoms with E-state index in [0.717, 1.165) is 12.1 Å². The fraction of sp³-hybridized carbons (Fsp3) is 0.182. The van der Waals surface area contributed by atoms with Crippen LogP contribution in [-0.4, -0.2) is 22.2 Å². The van der Waals surface area contributed by atoms with Gasteiger partial charge in [0.1, 0.15) is 0 Å². The fourth-order valence-electron chi connectivity index (χ4n) is 1.89. The van der Waals surface area contributed by atoms with Gasteiger partial charge in [0, 0.05) is 0 Å². The second-order valence-electron chi connectivity index (χ2n) is 5.94. The lowest BCUT2D eigenvalue weighted by Gasteiger charge is -1.93. The van der Waals surface area contributed by atoms with E-state index < -0.39 is 11.9 Å². The predicted molar refractivity (Wildman–Crippen MR) is 104 cm³/mol. The van der Waals surface area contributed by atoms with E-state index in [1.807, 2.05) is 0 Å². The number of carboxylic acid groups (broad SMARTS) is 2. The number of carboxylic acids is 2. The van der Waals surface area contributed by atoms with Crippen LogP contribution in [0.15, 0.2) is 65.1 Å². The average molecular weight is 368 g/mol. The summed E-state index contributed by atoms with van der Waals surface area (Å²) in [5, 5.41) is 16.6. The first-order chi connectivity index (χ1) is 12.7. The third-order valence-corrected chi connectivity index (χ3v) is 3.88. The number of aromatic carboxylic acids is 2. The van der Waals surface area contributed by atoms with E-state index in [9.17, 15) is 9.59 Å². The zero-order valence-electron chi connectivity index (χ0n) is 15.9. The standard InChI is InChI=1S/2C8H10.C6H4O5/c2*1-7-5-3-4-6-8(7)2;7-5(8)3-1-2-4(11-3)6(9)10/h2*3-6H,1-2H3;1-2H,(H,7,8)(H,9,10). The molecule has 0 amide bonds. The minimum atomic E-state index is -1.28. The summed E-state index contributed by atoms with van der Waals surface area (Å²) in [7, 11) is 0. The summed E-state index contributed by atoms with van der Waals surface area (Å²) in [6.07, 6.45) is 0. The lowest BCUT2D eigenvalue weighted by Crippen LogP contribution is -1.94. The predicted octanol–water partition coefficient (Wildman–Crippen LogP) is 5.28. The Bertz CT molecular complexity index is 779. The molecule has 1 aromatic heterocycles. The van der Waals surface area contributed by atoms with Crippen molar-refractivity contribution in [1.82, 2.24) is 0 Å². The molecule has 0 unspecified atom stereocenters. The van der Waals surface area contributed by atoms with Crippen molar-refractivity contribution in [2.75, 3.05) is 0 Å². The van der Waals surface area contributed by atoms with E-state index in [1.54, 1.807) is 0 Å². The zero-order chi connectivity index (χ0) is 20.4. The third-order valence-electron chi connectivity index (χ3n) is 3.88. The summed E-state index contributed by atoms with van der Waals surface area (Å²) in [6.45, 7) is 8.48. The molecule has 0 atom stereocenters. The molecule has 0 radical (unpaired) electrons. The van der Waals surface area contributed by atoms with Gasteiger partial charge in [-0.25, -0.2) is 9.59 Å². The molecule has 0 saturated carbocycles. The summed E-state index contributed by atoms with van der Waals surface area (Å²) in [4.78, 5) is 20.3. The summed E-state index contributed by atoms with van der Waals surface area (Å²) in [5.74, 6) is -3.31. The zero-order valence-corrected chi connectivity index (χ0v) is 15.9. The normalized spacial score (nSPS) is 9.33. The molecule has 2 aromatic carbocycles. The van der Waals surface area contributed by atoms with E-state index in [0.29, 0.717) is 0 Å². The molecule has 27 heavy (non-hydrogen) atoms. The maximum Gasteiger partial charge on any atom is 0.371 e. The highest BCUT2D eigenvalue weighted by Crippen LogP contribution is 2.07. The number of hydrogen-bond acceptors (Lipinski definition) is 3. The van der Waals surface area contributed by atoms with E-state index >= 15 is 0 Å². The van der Waals surface area contributed by atoms with Crippen LogP contribution in [0, 0.1) is 27.7 Å². The van der Waals surface area contributed by atoms with Crippen molar-refractivity contribution in [1.29, 1.82) is 0 Å². The summed E-state index contributed by atoms with van der Waals surface area (Å²) in [6, 6.07) is 18.9. The minimum Gasteiger partial charge on any atom is -0.475 e. The number of hydrogen-bond donors (Lipinski definition) is 2. The van der Waals surface area contributed by atoms with Gasteiger partial charge >= 0.3 is 11.9 Å². The summed E-state index contributed by atoms with van der Waals surface area (Å²) >= 11 is 0. The third kappa shape index (κ3) is 7.61. The molecule has 0 spiro atoms. The molecule has 0 aliphatic rings. The smallest absolute Gasteiger partial charge is 0.371 e. The molecule has 0 fully saturated rings. The highest BCUT2D eigenvalue weighted by molar-refractivity contribution is 5.88. The maximum atomic E-state index is 10.2. The van der Waals surface area contributed by atoms with Crippen molar-refractivity contribution in [3.05, 3.63) is 94.4 Å². The van der Waals surface area contributed by atoms with Crippen LogP contribution in [0.25, 0.3) is 0 Å². The molecule has 5 nitrogen and oxygen atoms in total. The van der Waals surface area contributed by atoms with Crippen LogP contribution in [-0.2, 0) is 0 Å². The Balaban J connectivity index is 0.000000206. The second-order valence-corrected chi connectivity index (χ2v) is 5.94. The molecule has 0 bridgehead atoms. The van der Waals surface area contributed by atoms with E-state index in [-0.39, 0.29) is 11.5 Å². The molecular formula is C22H24O5. The molecule has 0 saturated heterocycles. The highest BCUT2D eigenvalue weighted by atomic mass is 16.4. The van der Waals surface area contributed by atoms with Gasteiger partial charge in [0.25, 0.3) is 0 Å². The van der Waals surface area contributed by atoms with Crippen LogP contribution >= 0.6 is 0 Å². The molecule has 3 aromatic rings. The topological polar surface area (TPSA) is 87.7 Å². The highest BCUT2D eigenvalue weighted by Gasteiger charge is 2.12. The first kappa shape index (κ1) is 21.7. The molecule has 0 aliphatic carbocycles. The largest absolute Gasteiger partial charge is 0.475 e. The van der Waals surface area contributed by atoms with Gasteiger partial charge in [0.05, 0.1) is 0 Å². The lowest BCUT2D eigenvalue weighted by atomic mass is 10.1. The number of benzene rings is 2. The molecule has 142 valence electrons. The average Bonchev–Trinajstić information content (AvgIpc) is 3.12. The van der Waals surface area contributed by atoms with Crippen LogP contribution in [0.2, 0.25) is 0 Å². The Hall–Kier alpha value is -3.34. The number of aryl methyl sites for hydroxylation is 4. The molecule has 3 rings (SSSR count). The van der Waals surface area contributed by atoms with Crippen molar-refractivity contribution in [2.45, 2.75) is 27.7 Å². The van der Waals surface area contributed by atoms with E-state index in [2.05, 4.69) is 80.6 Å². The van der Waals surface area contributed by atoms with Crippen molar-refractivity contribution in [3.63, 3.8) is 0 Å². The Morgan fingerprint density at radius 2 is 0.852 bits per heavy atom. The lowest BCUT2D eigenvalue weighted by molar-refractivity contribution is 0.0631. The Morgan fingerprint density at radius 1 is 0.593 bits per heavy atom. The van der Waals surface area contributed by atoms with E-state index in [4.69, 9.17) is 10.2 Å². The van der Waals surface area contributed by atoms with Crippen LogP contribution in [0.5, 0.6) is 0 Å². The van der Waals surface area contributed by atoms with Gasteiger partial charge in [-0.15, -0.1) is 0 Å². The first-order valence-corrected chi connectivity index (χ1v) is 8.33. The second kappa shape index (κ2) is 10.6. The maximum absolute atomic E-state index is 10.2. The number of rotatable bonds is 2. The SMILES string of the molecule is Cc1ccccc1C.Cc1ccccc1C.O=C(O)c1ccc(C(=O)O)o1. The van der Waals surface area contributed by atoms with Crippen LogP contribution in [0.4, 0.5) is 0 Å². The first-order valence-electron chi connectivity index (χ1n) is 8.33. The number of furan rings is 1. The van der Waals surface area contributed by atoms with Gasteiger partial charge in [-0.05, 0) is 62.1 Å². The summed E-state index contributed by atoms with van der Waals surface area (Å²) in [5.41, 5.74) is 5.47. The Labute approximate surface area is 158 Å². The van der Waals surface area contributed by atoms with Gasteiger partial charge in [-0.1, -0.05) is 48.5 Å². The van der Waals surface area contributed by atoms with Gasteiger partial charge in [0.2, 0.25) is 11.5 Å². The van der Waals surface area contributed by atoms with Gasteiger partial charge < -0.3 is 14.6 Å². The quantitative estimate of drug-likeness (QED) is 0.642. The molecule has 0 aliphatic heterocycles. The van der Waals surface area contributed by atoms with Crippen molar-refractivity contribution in [3.8, 4) is 0 Å². The number of carbonyl (C=O) groups is 2. The minimum absolute atomic E-state index is 0.373.